The van der Waals surface area contributed by atoms with Crippen LogP contribution in [0, 0.1) is 11.6 Å². The van der Waals surface area contributed by atoms with Gasteiger partial charge in [0.05, 0.1) is 12.1 Å². The summed E-state index contributed by atoms with van der Waals surface area (Å²) in [6.45, 7) is 3.71. The van der Waals surface area contributed by atoms with Gasteiger partial charge in [-0.1, -0.05) is 12.1 Å². The number of benzene rings is 2. The number of thiocarbonyl (C=S) groups is 1. The average molecular weight is 581 g/mol. The van der Waals surface area contributed by atoms with Gasteiger partial charge in [-0.05, 0) is 80.5 Å². The zero-order valence-electron chi connectivity index (χ0n) is 22.2. The first-order chi connectivity index (χ1) is 19.8. The molecule has 0 radical (unpaired) electrons. The second-order valence-electron chi connectivity index (χ2n) is 9.96. The van der Waals surface area contributed by atoms with E-state index < -0.39 is 17.5 Å². The van der Waals surface area contributed by atoms with Crippen molar-refractivity contribution in [3.8, 4) is 11.5 Å². The fraction of sp³-hybridized carbons (Fsp3) is 0.310. The van der Waals surface area contributed by atoms with Crippen LogP contribution in [0.2, 0.25) is 0 Å². The summed E-state index contributed by atoms with van der Waals surface area (Å²) >= 11 is 5.12. The molecule has 0 aliphatic carbocycles. The first-order valence-electron chi connectivity index (χ1n) is 13.4. The highest BCUT2D eigenvalue weighted by Gasteiger charge is 2.29. The highest BCUT2D eigenvalue weighted by molar-refractivity contribution is 7.80. The van der Waals surface area contributed by atoms with Crippen molar-refractivity contribution in [1.29, 1.82) is 0 Å². The third kappa shape index (κ3) is 7.74. The number of anilines is 2. The summed E-state index contributed by atoms with van der Waals surface area (Å²) in [5.74, 6) is -0.550. The summed E-state index contributed by atoms with van der Waals surface area (Å²) in [4.78, 5) is 33.4. The molecule has 41 heavy (non-hydrogen) atoms. The van der Waals surface area contributed by atoms with Gasteiger partial charge in [-0.3, -0.25) is 10.1 Å². The van der Waals surface area contributed by atoms with Gasteiger partial charge in [0.15, 0.2) is 5.11 Å². The van der Waals surface area contributed by atoms with Crippen molar-refractivity contribution in [3.05, 3.63) is 78.0 Å². The second kappa shape index (κ2) is 13.0. The zero-order chi connectivity index (χ0) is 28.8. The number of urea groups is 1. The molecule has 1 aromatic heterocycles. The molecule has 3 heterocycles. The number of amides is 3. The predicted molar refractivity (Wildman–Crippen MR) is 155 cm³/mol. The molecule has 0 bridgehead atoms. The number of nitrogens with zero attached hydrogens (tertiary/aromatic N) is 3. The number of halogens is 2. The lowest BCUT2D eigenvalue weighted by Crippen LogP contribution is -2.51. The van der Waals surface area contributed by atoms with Gasteiger partial charge >= 0.3 is 6.03 Å². The number of hydrogen-bond donors (Lipinski definition) is 3. The van der Waals surface area contributed by atoms with E-state index >= 15 is 0 Å². The number of rotatable bonds is 7. The van der Waals surface area contributed by atoms with E-state index in [1.54, 1.807) is 17.0 Å². The van der Waals surface area contributed by atoms with Gasteiger partial charge in [0.1, 0.15) is 29.0 Å². The molecule has 3 amide bonds. The molecule has 214 valence electrons. The maximum Gasteiger partial charge on any atom is 0.323 e. The van der Waals surface area contributed by atoms with Crippen LogP contribution in [0.4, 0.5) is 25.1 Å². The molecule has 3 N–H and O–H groups in total. The highest BCUT2D eigenvalue weighted by Crippen LogP contribution is 2.27. The average Bonchev–Trinajstić information content (AvgIpc) is 2.91. The van der Waals surface area contributed by atoms with Crippen LogP contribution in [0.25, 0.3) is 0 Å². The molecule has 0 spiro atoms. The molecule has 5 rings (SSSR count). The Labute approximate surface area is 241 Å². The molecule has 2 aromatic carbocycles. The van der Waals surface area contributed by atoms with Gasteiger partial charge in [-0.2, -0.15) is 0 Å². The van der Waals surface area contributed by atoms with E-state index in [1.807, 2.05) is 0 Å². The van der Waals surface area contributed by atoms with Gasteiger partial charge in [0.2, 0.25) is 5.91 Å². The van der Waals surface area contributed by atoms with Gasteiger partial charge in [0.25, 0.3) is 0 Å². The number of carbonyl (C=O) groups excluding carboxylic acids is 2. The number of carbonyl (C=O) groups is 2. The van der Waals surface area contributed by atoms with Gasteiger partial charge < -0.3 is 25.2 Å². The first-order valence-corrected chi connectivity index (χ1v) is 13.8. The molecular formula is C29H30F2N6O3S. The summed E-state index contributed by atoms with van der Waals surface area (Å²) in [5.41, 5.74) is 0.658. The molecule has 12 heteroatoms. The fourth-order valence-electron chi connectivity index (χ4n) is 4.78. The van der Waals surface area contributed by atoms with Crippen LogP contribution in [0.15, 0.2) is 60.8 Å². The van der Waals surface area contributed by atoms with E-state index in [-0.39, 0.29) is 29.0 Å². The number of likely N-dealkylation sites (tertiary alicyclic amines) is 2. The third-order valence-electron chi connectivity index (χ3n) is 7.08. The van der Waals surface area contributed by atoms with E-state index in [2.05, 4.69) is 25.8 Å². The molecule has 2 aliphatic heterocycles. The van der Waals surface area contributed by atoms with Crippen LogP contribution >= 0.6 is 12.2 Å². The Kier molecular flexibility index (Phi) is 9.00. The van der Waals surface area contributed by atoms with Crippen molar-refractivity contribution in [1.82, 2.24) is 20.1 Å². The van der Waals surface area contributed by atoms with Crippen molar-refractivity contribution in [3.63, 3.8) is 0 Å². The lowest BCUT2D eigenvalue weighted by Gasteiger charge is -2.42. The highest BCUT2D eigenvalue weighted by atomic mass is 32.1. The Balaban J connectivity index is 1.11. The largest absolute Gasteiger partial charge is 0.457 e. The monoisotopic (exact) mass is 580 g/mol. The maximum atomic E-state index is 14.8. The number of aromatic nitrogens is 1. The van der Waals surface area contributed by atoms with Crippen molar-refractivity contribution in [2.75, 3.05) is 36.8 Å². The Bertz CT molecular complexity index is 1410. The summed E-state index contributed by atoms with van der Waals surface area (Å²) in [6, 6.07) is 13.2. The molecule has 0 saturated carbocycles. The van der Waals surface area contributed by atoms with Crippen molar-refractivity contribution < 1.29 is 23.1 Å². The zero-order valence-corrected chi connectivity index (χ0v) is 23.1. The minimum Gasteiger partial charge on any atom is -0.457 e. The molecule has 2 fully saturated rings. The third-order valence-corrected chi connectivity index (χ3v) is 7.28. The molecular weight excluding hydrogens is 550 g/mol. The standard InChI is InChI=1S/C29H30F2N6O3S/c30-20-4-2-19(3-5-20)16-27(38)35-28(41)33-25-7-6-22(17-24(25)31)40-23-8-11-32-26(18-23)34-29(39)37-14-9-21(10-15-37)36-12-1-13-36/h2-8,11,17-18,21H,1,9-10,12-16H2,(H,32,34,39)(H2,33,35,38,41). The van der Waals surface area contributed by atoms with E-state index in [0.29, 0.717) is 36.3 Å². The van der Waals surface area contributed by atoms with Crippen molar-refractivity contribution >= 4 is 40.8 Å². The van der Waals surface area contributed by atoms with Crippen LogP contribution in [-0.4, -0.2) is 64.1 Å². The predicted octanol–water partition coefficient (Wildman–Crippen LogP) is 4.91. The molecule has 0 atom stereocenters. The second-order valence-corrected chi connectivity index (χ2v) is 10.4. The van der Waals surface area contributed by atoms with Crippen molar-refractivity contribution in [2.45, 2.75) is 31.7 Å². The molecule has 0 unspecified atom stereocenters. The van der Waals surface area contributed by atoms with Gasteiger partial charge in [-0.15, -0.1) is 0 Å². The lowest BCUT2D eigenvalue weighted by molar-refractivity contribution is -0.119. The maximum absolute atomic E-state index is 14.8. The fourth-order valence-corrected chi connectivity index (χ4v) is 5.00. The smallest absolute Gasteiger partial charge is 0.323 e. The number of pyridine rings is 1. The topological polar surface area (TPSA) is 98.8 Å². The summed E-state index contributed by atoms with van der Waals surface area (Å²) < 4.78 is 33.6. The molecule has 2 aliphatic rings. The van der Waals surface area contributed by atoms with Crippen LogP contribution in [-0.2, 0) is 11.2 Å². The van der Waals surface area contributed by atoms with E-state index in [0.717, 1.165) is 25.9 Å². The van der Waals surface area contributed by atoms with Crippen LogP contribution < -0.4 is 20.7 Å². The van der Waals surface area contributed by atoms with Crippen LogP contribution in [0.5, 0.6) is 11.5 Å². The quantitative estimate of drug-likeness (QED) is 0.342. The Hall–Kier alpha value is -4.16. The Morgan fingerprint density at radius 2 is 1.68 bits per heavy atom. The normalized spacial score (nSPS) is 15.5. The lowest BCUT2D eigenvalue weighted by atomic mass is 10.00. The number of hydrogen-bond acceptors (Lipinski definition) is 6. The first kappa shape index (κ1) is 28.4. The SMILES string of the molecule is O=C(Cc1ccc(F)cc1)NC(=S)Nc1ccc(Oc2ccnc(NC(=O)N3CCC(N4CCC4)CC3)c2)cc1F. The number of nitrogens with one attached hydrogen (secondary N) is 3. The number of ether oxygens (including phenoxy) is 1. The summed E-state index contributed by atoms with van der Waals surface area (Å²) in [6.07, 6.45) is 4.68. The van der Waals surface area contributed by atoms with Gasteiger partial charge in [0, 0.05) is 37.5 Å². The Morgan fingerprint density at radius 3 is 2.37 bits per heavy atom. The van der Waals surface area contributed by atoms with Crippen molar-refractivity contribution in [2.24, 2.45) is 0 Å². The van der Waals surface area contributed by atoms with E-state index in [1.165, 1.54) is 55.1 Å². The number of piperidine rings is 1. The van der Waals surface area contributed by atoms with E-state index in [9.17, 15) is 18.4 Å². The molecule has 9 nitrogen and oxygen atoms in total. The van der Waals surface area contributed by atoms with E-state index in [4.69, 9.17) is 17.0 Å². The summed E-state index contributed by atoms with van der Waals surface area (Å²) in [7, 11) is 0. The van der Waals surface area contributed by atoms with Gasteiger partial charge in [-0.25, -0.2) is 18.6 Å². The minimum atomic E-state index is -0.651. The van der Waals surface area contributed by atoms with Crippen LogP contribution in [0.3, 0.4) is 0 Å². The molecule has 2 saturated heterocycles. The van der Waals surface area contributed by atoms with Crippen LogP contribution in [0.1, 0.15) is 24.8 Å². The minimum absolute atomic E-state index is 0.0109. The Morgan fingerprint density at radius 1 is 0.951 bits per heavy atom. The molecule has 3 aromatic rings. The summed E-state index contributed by atoms with van der Waals surface area (Å²) in [5, 5.41) is 7.86.